The lowest BCUT2D eigenvalue weighted by Gasteiger charge is -2.24. The van der Waals surface area contributed by atoms with E-state index in [9.17, 15) is 0 Å². The molecule has 0 unspecified atom stereocenters. The van der Waals surface area contributed by atoms with Crippen LogP contribution in [0.2, 0.25) is 0 Å². The molecule has 1 aliphatic rings. The summed E-state index contributed by atoms with van der Waals surface area (Å²) in [4.78, 5) is 2.44. The molecule has 1 aliphatic heterocycles. The third-order valence-corrected chi connectivity index (χ3v) is 4.23. The van der Waals surface area contributed by atoms with Gasteiger partial charge in [0.1, 0.15) is 0 Å². The summed E-state index contributed by atoms with van der Waals surface area (Å²) in [5.74, 6) is 0.834. The van der Waals surface area contributed by atoms with Gasteiger partial charge in [-0.3, -0.25) is 4.90 Å². The molecule has 0 amide bonds. The summed E-state index contributed by atoms with van der Waals surface area (Å²) in [6.07, 6.45) is 2.44. The zero-order valence-corrected chi connectivity index (χ0v) is 12.3. The number of hydrogen-bond donors (Lipinski definition) is 0. The van der Waals surface area contributed by atoms with Crippen molar-refractivity contribution in [2.24, 2.45) is 0 Å². The van der Waals surface area contributed by atoms with Gasteiger partial charge in [-0.05, 0) is 61.4 Å². The van der Waals surface area contributed by atoms with Crippen molar-refractivity contribution in [2.45, 2.75) is 45.3 Å². The molecular weight excluding hydrogens is 264 g/mol. The van der Waals surface area contributed by atoms with E-state index in [0.717, 1.165) is 18.1 Å². The SMILES string of the molecule is C[C@@H]1CC[C@H](C)N1Cc1nnnn1-c1ccc(C#N)cc1. The number of benzene rings is 1. The summed E-state index contributed by atoms with van der Waals surface area (Å²) >= 11 is 0. The van der Waals surface area contributed by atoms with Crippen molar-refractivity contribution in [3.05, 3.63) is 35.7 Å². The molecule has 6 heteroatoms. The van der Waals surface area contributed by atoms with Crippen LogP contribution in [-0.2, 0) is 6.54 Å². The van der Waals surface area contributed by atoms with E-state index in [1.54, 1.807) is 16.8 Å². The molecular formula is C15H18N6. The van der Waals surface area contributed by atoms with Crippen LogP contribution in [0.25, 0.3) is 5.69 Å². The predicted molar refractivity (Wildman–Crippen MR) is 77.6 cm³/mol. The highest BCUT2D eigenvalue weighted by Crippen LogP contribution is 2.25. The number of hydrogen-bond acceptors (Lipinski definition) is 5. The molecule has 1 aromatic carbocycles. The van der Waals surface area contributed by atoms with Gasteiger partial charge in [-0.25, -0.2) is 0 Å². The van der Waals surface area contributed by atoms with Crippen molar-refractivity contribution in [2.75, 3.05) is 0 Å². The average molecular weight is 282 g/mol. The second-order valence-electron chi connectivity index (χ2n) is 5.61. The minimum atomic E-state index is 0.561. The molecule has 0 N–H and O–H groups in total. The van der Waals surface area contributed by atoms with E-state index in [1.807, 2.05) is 12.1 Å². The van der Waals surface area contributed by atoms with Gasteiger partial charge >= 0.3 is 0 Å². The van der Waals surface area contributed by atoms with E-state index in [0.29, 0.717) is 17.6 Å². The maximum absolute atomic E-state index is 8.86. The number of aromatic nitrogens is 4. The number of nitriles is 1. The van der Waals surface area contributed by atoms with Crippen molar-refractivity contribution in [3.8, 4) is 11.8 Å². The Kier molecular flexibility index (Phi) is 3.67. The predicted octanol–water partition coefficient (Wildman–Crippen LogP) is 1.91. The highest BCUT2D eigenvalue weighted by molar-refractivity contribution is 5.38. The van der Waals surface area contributed by atoms with E-state index < -0.39 is 0 Å². The van der Waals surface area contributed by atoms with Crippen molar-refractivity contribution in [3.63, 3.8) is 0 Å². The van der Waals surface area contributed by atoms with E-state index in [-0.39, 0.29) is 0 Å². The molecule has 6 nitrogen and oxygen atoms in total. The Hall–Kier alpha value is -2.26. The molecule has 0 aliphatic carbocycles. The summed E-state index contributed by atoms with van der Waals surface area (Å²) < 4.78 is 1.75. The van der Waals surface area contributed by atoms with Crippen LogP contribution >= 0.6 is 0 Å². The first-order valence-electron chi connectivity index (χ1n) is 7.22. The first-order chi connectivity index (χ1) is 10.2. The van der Waals surface area contributed by atoms with Crippen LogP contribution in [0.15, 0.2) is 24.3 Å². The lowest BCUT2D eigenvalue weighted by atomic mass is 10.2. The molecule has 1 fully saturated rings. The molecule has 21 heavy (non-hydrogen) atoms. The molecule has 1 saturated heterocycles. The van der Waals surface area contributed by atoms with Crippen LogP contribution in [0.3, 0.4) is 0 Å². The van der Waals surface area contributed by atoms with E-state index >= 15 is 0 Å². The summed E-state index contributed by atoms with van der Waals surface area (Å²) in [5.41, 5.74) is 1.52. The van der Waals surface area contributed by atoms with Gasteiger partial charge in [0.05, 0.1) is 23.9 Å². The van der Waals surface area contributed by atoms with Gasteiger partial charge in [0.2, 0.25) is 0 Å². The Morgan fingerprint density at radius 2 is 1.86 bits per heavy atom. The van der Waals surface area contributed by atoms with Crippen molar-refractivity contribution in [1.29, 1.82) is 5.26 Å². The Labute approximate surface area is 124 Å². The van der Waals surface area contributed by atoms with Crippen LogP contribution in [0.1, 0.15) is 38.1 Å². The molecule has 1 aromatic heterocycles. The average Bonchev–Trinajstić information content (AvgIpc) is 3.09. The fourth-order valence-electron chi connectivity index (χ4n) is 2.91. The largest absolute Gasteiger partial charge is 0.290 e. The van der Waals surface area contributed by atoms with Gasteiger partial charge in [-0.1, -0.05) is 0 Å². The summed E-state index contributed by atoms with van der Waals surface area (Å²) in [5, 5.41) is 20.9. The van der Waals surface area contributed by atoms with Gasteiger partial charge in [0, 0.05) is 12.1 Å². The van der Waals surface area contributed by atoms with Crippen LogP contribution in [0.4, 0.5) is 0 Å². The Morgan fingerprint density at radius 1 is 1.19 bits per heavy atom. The van der Waals surface area contributed by atoms with Crippen LogP contribution in [0, 0.1) is 11.3 Å². The zero-order chi connectivity index (χ0) is 14.8. The molecule has 0 radical (unpaired) electrons. The molecule has 0 bridgehead atoms. The Bertz CT molecular complexity index is 644. The highest BCUT2D eigenvalue weighted by Gasteiger charge is 2.28. The Balaban J connectivity index is 1.85. The first-order valence-corrected chi connectivity index (χ1v) is 7.22. The molecule has 2 aromatic rings. The maximum atomic E-state index is 8.86. The molecule has 2 heterocycles. The minimum Gasteiger partial charge on any atom is -0.290 e. The summed E-state index contributed by atoms with van der Waals surface area (Å²) in [7, 11) is 0. The molecule has 0 saturated carbocycles. The number of likely N-dealkylation sites (tertiary alicyclic amines) is 1. The Morgan fingerprint density at radius 3 is 2.48 bits per heavy atom. The van der Waals surface area contributed by atoms with Crippen molar-refractivity contribution < 1.29 is 0 Å². The normalized spacial score (nSPS) is 22.3. The number of rotatable bonds is 3. The van der Waals surface area contributed by atoms with Crippen molar-refractivity contribution in [1.82, 2.24) is 25.1 Å². The minimum absolute atomic E-state index is 0.561. The fourth-order valence-corrected chi connectivity index (χ4v) is 2.91. The smallest absolute Gasteiger partial charge is 0.170 e. The van der Waals surface area contributed by atoms with Crippen LogP contribution in [-0.4, -0.2) is 37.2 Å². The lowest BCUT2D eigenvalue weighted by molar-refractivity contribution is 0.198. The molecule has 0 spiro atoms. The first kappa shape index (κ1) is 13.7. The van der Waals surface area contributed by atoms with E-state index in [1.165, 1.54) is 12.8 Å². The van der Waals surface area contributed by atoms with Gasteiger partial charge in [0.15, 0.2) is 5.82 Å². The standard InChI is InChI=1S/C15H18N6/c1-11-3-4-12(2)20(11)10-15-17-18-19-21(15)14-7-5-13(9-16)6-8-14/h5-8,11-12H,3-4,10H2,1-2H3/t11-,12+. The molecule has 108 valence electrons. The van der Waals surface area contributed by atoms with E-state index in [4.69, 9.17) is 5.26 Å². The topological polar surface area (TPSA) is 70.6 Å². The van der Waals surface area contributed by atoms with Crippen LogP contribution in [0.5, 0.6) is 0 Å². The van der Waals surface area contributed by atoms with Gasteiger partial charge in [0.25, 0.3) is 0 Å². The lowest BCUT2D eigenvalue weighted by Crippen LogP contribution is -2.33. The monoisotopic (exact) mass is 282 g/mol. The second-order valence-corrected chi connectivity index (χ2v) is 5.61. The van der Waals surface area contributed by atoms with Gasteiger partial charge in [-0.15, -0.1) is 5.10 Å². The fraction of sp³-hybridized carbons (Fsp3) is 0.467. The third-order valence-electron chi connectivity index (χ3n) is 4.23. The second kappa shape index (κ2) is 5.62. The van der Waals surface area contributed by atoms with Gasteiger partial charge < -0.3 is 0 Å². The summed E-state index contributed by atoms with van der Waals surface area (Å²) in [6.45, 7) is 5.24. The van der Waals surface area contributed by atoms with Crippen LogP contribution < -0.4 is 0 Å². The van der Waals surface area contributed by atoms with Gasteiger partial charge in [-0.2, -0.15) is 9.94 Å². The number of tetrazole rings is 1. The van der Waals surface area contributed by atoms with E-state index in [2.05, 4.69) is 40.3 Å². The number of nitrogens with zero attached hydrogens (tertiary/aromatic N) is 6. The summed E-state index contributed by atoms with van der Waals surface area (Å²) in [6, 6.07) is 10.5. The molecule has 3 rings (SSSR count). The highest BCUT2D eigenvalue weighted by atomic mass is 15.5. The zero-order valence-electron chi connectivity index (χ0n) is 12.3. The van der Waals surface area contributed by atoms with Crippen molar-refractivity contribution >= 4 is 0 Å². The maximum Gasteiger partial charge on any atom is 0.170 e. The third kappa shape index (κ3) is 2.65. The quantitative estimate of drug-likeness (QED) is 0.860. The molecule has 2 atom stereocenters.